The van der Waals surface area contributed by atoms with Gasteiger partial charge in [0, 0.05) is 0 Å². The predicted octanol–water partition coefficient (Wildman–Crippen LogP) is 4.02. The van der Waals surface area contributed by atoms with Gasteiger partial charge >= 0.3 is 0 Å². The molecule has 0 radical (unpaired) electrons. The highest BCUT2D eigenvalue weighted by molar-refractivity contribution is 6.89. The molecule has 0 aliphatic heterocycles. The zero-order valence-corrected chi connectivity index (χ0v) is 14.1. The van der Waals surface area contributed by atoms with E-state index in [1.807, 2.05) is 0 Å². The highest BCUT2D eigenvalue weighted by Crippen LogP contribution is 2.16. The van der Waals surface area contributed by atoms with Crippen LogP contribution in [0, 0.1) is 0 Å². The third kappa shape index (κ3) is 8.93. The average molecular weight is 247 g/mol. The van der Waals surface area contributed by atoms with Crippen LogP contribution in [-0.4, -0.2) is 24.7 Å². The van der Waals surface area contributed by atoms with E-state index in [4.69, 9.17) is 4.12 Å². The maximum Gasteiger partial charge on any atom is 0.197 e. The molecule has 0 aromatic heterocycles. The van der Waals surface area contributed by atoms with Crippen molar-refractivity contribution in [2.24, 2.45) is 0 Å². The van der Waals surface area contributed by atoms with E-state index in [-0.39, 0.29) is 0 Å². The molecule has 4 heteroatoms. The SMILES string of the molecule is C[Si](C)(C)C=C[Si](C)(C)O[Si](C)(C)C. The van der Waals surface area contributed by atoms with Crippen LogP contribution >= 0.6 is 0 Å². The summed E-state index contributed by atoms with van der Waals surface area (Å²) in [6.45, 7) is 18.5. The van der Waals surface area contributed by atoms with Crippen molar-refractivity contribution in [3.8, 4) is 0 Å². The standard InChI is InChI=1S/C10H26OSi3/c1-12(2,3)9-10-14(7,8)11-13(4,5)6/h9-10H,1-8H3. The fourth-order valence-electron chi connectivity index (χ4n) is 1.27. The Morgan fingerprint density at radius 3 is 1.43 bits per heavy atom. The molecular weight excluding hydrogens is 220 g/mol. The van der Waals surface area contributed by atoms with E-state index in [9.17, 15) is 0 Å². The van der Waals surface area contributed by atoms with Crippen molar-refractivity contribution in [1.82, 2.24) is 0 Å². The van der Waals surface area contributed by atoms with Crippen LogP contribution in [0.4, 0.5) is 0 Å². The smallest absolute Gasteiger partial charge is 0.197 e. The first kappa shape index (κ1) is 14.4. The molecule has 84 valence electrons. The van der Waals surface area contributed by atoms with Crippen LogP contribution in [0.2, 0.25) is 52.4 Å². The van der Waals surface area contributed by atoms with Gasteiger partial charge in [0.15, 0.2) is 16.6 Å². The Morgan fingerprint density at radius 2 is 1.14 bits per heavy atom. The molecule has 0 rings (SSSR count). The molecule has 14 heavy (non-hydrogen) atoms. The second-order valence-corrected chi connectivity index (χ2v) is 20.2. The molecule has 0 heterocycles. The Kier molecular flexibility index (Phi) is 4.58. The summed E-state index contributed by atoms with van der Waals surface area (Å²) in [4.78, 5) is 0. The minimum atomic E-state index is -1.53. The first-order valence-electron chi connectivity index (χ1n) is 5.32. The summed E-state index contributed by atoms with van der Waals surface area (Å²) >= 11 is 0. The minimum Gasteiger partial charge on any atom is -0.453 e. The van der Waals surface area contributed by atoms with Crippen molar-refractivity contribution in [2.75, 3.05) is 0 Å². The highest BCUT2D eigenvalue weighted by Gasteiger charge is 2.27. The molecule has 0 aromatic rings. The zero-order chi connectivity index (χ0) is 11.6. The average Bonchev–Trinajstić information content (AvgIpc) is 1.76. The molecule has 0 aliphatic rings. The van der Waals surface area contributed by atoms with Crippen LogP contribution in [0.15, 0.2) is 11.4 Å². The molecule has 0 aromatic carbocycles. The van der Waals surface area contributed by atoms with Crippen LogP contribution in [0.1, 0.15) is 0 Å². The molecule has 0 N–H and O–H groups in total. The number of rotatable bonds is 4. The highest BCUT2D eigenvalue weighted by atomic mass is 28.4. The van der Waals surface area contributed by atoms with Crippen molar-refractivity contribution in [3.63, 3.8) is 0 Å². The van der Waals surface area contributed by atoms with Crippen LogP contribution < -0.4 is 0 Å². The van der Waals surface area contributed by atoms with Crippen molar-refractivity contribution >= 4 is 24.7 Å². The fourth-order valence-corrected chi connectivity index (χ4v) is 11.5. The van der Waals surface area contributed by atoms with E-state index in [1.165, 1.54) is 0 Å². The second kappa shape index (κ2) is 4.47. The predicted molar refractivity (Wildman–Crippen MR) is 74.4 cm³/mol. The molecule has 0 aliphatic carbocycles. The third-order valence-electron chi connectivity index (χ3n) is 1.55. The van der Waals surface area contributed by atoms with Crippen molar-refractivity contribution in [1.29, 1.82) is 0 Å². The topological polar surface area (TPSA) is 9.23 Å². The lowest BCUT2D eigenvalue weighted by Gasteiger charge is -2.29. The summed E-state index contributed by atoms with van der Waals surface area (Å²) in [5.74, 6) is 0. The maximum absolute atomic E-state index is 6.23. The van der Waals surface area contributed by atoms with Crippen molar-refractivity contribution in [2.45, 2.75) is 52.4 Å². The van der Waals surface area contributed by atoms with Gasteiger partial charge in [0.2, 0.25) is 0 Å². The Labute approximate surface area is 92.8 Å². The van der Waals surface area contributed by atoms with E-state index in [0.29, 0.717) is 0 Å². The number of hydrogen-bond acceptors (Lipinski definition) is 1. The lowest BCUT2D eigenvalue weighted by molar-refractivity contribution is 0.565. The van der Waals surface area contributed by atoms with Gasteiger partial charge < -0.3 is 4.12 Å². The molecule has 0 fully saturated rings. The summed E-state index contributed by atoms with van der Waals surface area (Å²) < 4.78 is 6.23. The Bertz CT molecular complexity index is 208. The Balaban J connectivity index is 4.43. The van der Waals surface area contributed by atoms with Crippen molar-refractivity contribution < 1.29 is 4.12 Å². The van der Waals surface area contributed by atoms with Gasteiger partial charge in [-0.3, -0.25) is 0 Å². The third-order valence-corrected chi connectivity index (χ3v) is 8.58. The summed E-state index contributed by atoms with van der Waals surface area (Å²) in [5, 5.41) is 0. The molecule has 0 saturated carbocycles. The van der Waals surface area contributed by atoms with Crippen LogP contribution in [0.3, 0.4) is 0 Å². The van der Waals surface area contributed by atoms with Crippen LogP contribution in [-0.2, 0) is 4.12 Å². The Hall–Kier alpha value is 0.351. The molecule has 0 atom stereocenters. The van der Waals surface area contributed by atoms with E-state index in [1.54, 1.807) is 0 Å². The lowest BCUT2D eigenvalue weighted by Crippen LogP contribution is -2.41. The van der Waals surface area contributed by atoms with E-state index in [0.717, 1.165) is 0 Å². The van der Waals surface area contributed by atoms with Gasteiger partial charge in [-0.15, -0.1) is 5.70 Å². The van der Waals surface area contributed by atoms with E-state index >= 15 is 0 Å². The van der Waals surface area contributed by atoms with Crippen LogP contribution in [0.5, 0.6) is 0 Å². The lowest BCUT2D eigenvalue weighted by atomic mass is 11.2. The summed E-state index contributed by atoms with van der Waals surface area (Å²) in [6.07, 6.45) is 0. The minimum absolute atomic E-state index is 1.05. The fraction of sp³-hybridized carbons (Fsp3) is 0.800. The van der Waals surface area contributed by atoms with Crippen molar-refractivity contribution in [3.05, 3.63) is 11.4 Å². The number of hydrogen-bond donors (Lipinski definition) is 0. The first-order chi connectivity index (χ1) is 5.91. The van der Waals surface area contributed by atoms with E-state index in [2.05, 4.69) is 63.8 Å². The summed E-state index contributed by atoms with van der Waals surface area (Å²) in [6, 6.07) is 0. The van der Waals surface area contributed by atoms with Crippen LogP contribution in [0.25, 0.3) is 0 Å². The Morgan fingerprint density at radius 1 is 0.714 bits per heavy atom. The normalized spacial score (nSPS) is 15.1. The van der Waals surface area contributed by atoms with Gasteiger partial charge in [-0.05, 0) is 32.7 Å². The summed E-state index contributed by atoms with van der Waals surface area (Å²) in [5.41, 5.74) is 4.82. The molecule has 1 nitrogen and oxygen atoms in total. The molecule has 0 unspecified atom stereocenters. The summed E-state index contributed by atoms with van der Waals surface area (Å²) in [7, 11) is -3.95. The largest absolute Gasteiger partial charge is 0.453 e. The van der Waals surface area contributed by atoms with Gasteiger partial charge in [-0.2, -0.15) is 0 Å². The van der Waals surface area contributed by atoms with Gasteiger partial charge in [-0.1, -0.05) is 25.3 Å². The second-order valence-electron chi connectivity index (χ2n) is 6.52. The maximum atomic E-state index is 6.23. The van der Waals surface area contributed by atoms with Gasteiger partial charge in [0.1, 0.15) is 0 Å². The molecular formula is C10H26OSi3. The monoisotopic (exact) mass is 246 g/mol. The molecule has 0 spiro atoms. The molecule has 0 saturated heterocycles. The van der Waals surface area contributed by atoms with Gasteiger partial charge in [0.05, 0.1) is 8.07 Å². The molecule has 0 amide bonds. The van der Waals surface area contributed by atoms with Gasteiger partial charge in [0.25, 0.3) is 0 Å². The molecule has 0 bridgehead atoms. The quantitative estimate of drug-likeness (QED) is 0.681. The zero-order valence-electron chi connectivity index (χ0n) is 11.1. The van der Waals surface area contributed by atoms with E-state index < -0.39 is 24.7 Å². The first-order valence-corrected chi connectivity index (χ1v) is 15.3. The van der Waals surface area contributed by atoms with Gasteiger partial charge in [-0.25, -0.2) is 0 Å².